The fourth-order valence-electron chi connectivity index (χ4n) is 4.88. The maximum absolute atomic E-state index is 14.3. The van der Waals surface area contributed by atoms with Crippen molar-refractivity contribution in [2.45, 2.75) is 6.54 Å². The number of amides is 1. The van der Waals surface area contributed by atoms with Crippen LogP contribution in [0.5, 0.6) is 0 Å². The lowest BCUT2D eigenvalue weighted by Gasteiger charge is -2.37. The van der Waals surface area contributed by atoms with Gasteiger partial charge in [0.15, 0.2) is 11.5 Å². The van der Waals surface area contributed by atoms with Crippen molar-refractivity contribution < 1.29 is 9.18 Å². The van der Waals surface area contributed by atoms with Gasteiger partial charge in [-0.05, 0) is 31.8 Å². The molecule has 0 saturated carbocycles. The molecule has 1 fully saturated rings. The topological polar surface area (TPSA) is 55.8 Å². The molecule has 0 spiro atoms. The molecule has 38 heavy (non-hydrogen) atoms. The lowest BCUT2D eigenvalue weighted by molar-refractivity contribution is 0.0727. The largest absolute Gasteiger partial charge is 0.366 e. The Morgan fingerprint density at radius 2 is 1.42 bits per heavy atom. The van der Waals surface area contributed by atoms with E-state index in [9.17, 15) is 9.18 Å². The van der Waals surface area contributed by atoms with Crippen LogP contribution in [-0.2, 0) is 6.54 Å². The van der Waals surface area contributed by atoms with Crippen LogP contribution in [0.2, 0.25) is 0 Å². The molecule has 1 aromatic heterocycles. The van der Waals surface area contributed by atoms with Crippen molar-refractivity contribution in [2.24, 2.45) is 0 Å². The maximum atomic E-state index is 14.3. The summed E-state index contributed by atoms with van der Waals surface area (Å²) in [5.74, 6) is 0.423. The van der Waals surface area contributed by atoms with Crippen molar-refractivity contribution in [3.63, 3.8) is 0 Å². The van der Waals surface area contributed by atoms with Crippen LogP contribution in [-0.4, -0.2) is 79.3 Å². The second kappa shape index (κ2) is 11.6. The lowest BCUT2D eigenvalue weighted by Crippen LogP contribution is -2.47. The summed E-state index contributed by atoms with van der Waals surface area (Å²) in [6.07, 6.45) is 0. The molecule has 1 aliphatic rings. The van der Waals surface area contributed by atoms with E-state index in [1.54, 1.807) is 6.07 Å². The summed E-state index contributed by atoms with van der Waals surface area (Å²) in [6.45, 7) is 4.54. The van der Waals surface area contributed by atoms with Gasteiger partial charge in [-0.1, -0.05) is 66.7 Å². The van der Waals surface area contributed by atoms with E-state index in [0.29, 0.717) is 50.6 Å². The third-order valence-corrected chi connectivity index (χ3v) is 6.96. The number of anilines is 2. The first kappa shape index (κ1) is 25.6. The summed E-state index contributed by atoms with van der Waals surface area (Å²) < 4.78 is 14.3. The van der Waals surface area contributed by atoms with Gasteiger partial charge in [-0.15, -0.1) is 10.2 Å². The van der Waals surface area contributed by atoms with Crippen LogP contribution in [0.4, 0.5) is 15.9 Å². The van der Waals surface area contributed by atoms with Crippen LogP contribution < -0.4 is 9.80 Å². The number of piperazine rings is 1. The number of para-hydroxylation sites is 1. The first-order chi connectivity index (χ1) is 18.5. The molecule has 196 valence electrons. The van der Waals surface area contributed by atoms with Gasteiger partial charge in [-0.3, -0.25) is 4.79 Å². The third kappa shape index (κ3) is 5.60. The van der Waals surface area contributed by atoms with Crippen LogP contribution in [0.15, 0.2) is 78.9 Å². The van der Waals surface area contributed by atoms with Crippen LogP contribution in [0.3, 0.4) is 0 Å². The Labute approximate surface area is 223 Å². The molecule has 0 bridgehead atoms. The van der Waals surface area contributed by atoms with Gasteiger partial charge in [0.05, 0.1) is 5.69 Å². The molecule has 7 nitrogen and oxygen atoms in total. The van der Waals surface area contributed by atoms with E-state index in [0.717, 1.165) is 28.7 Å². The number of benzene rings is 3. The number of rotatable bonds is 8. The average molecular weight is 513 g/mol. The van der Waals surface area contributed by atoms with Crippen molar-refractivity contribution in [2.75, 3.05) is 63.2 Å². The Morgan fingerprint density at radius 3 is 2.13 bits per heavy atom. The first-order valence-electron chi connectivity index (χ1n) is 13.0. The number of halogens is 1. The quantitative estimate of drug-likeness (QED) is 0.351. The van der Waals surface area contributed by atoms with Crippen molar-refractivity contribution in [1.82, 2.24) is 20.0 Å². The molecule has 5 rings (SSSR count). The molecule has 1 amide bonds. The van der Waals surface area contributed by atoms with Gasteiger partial charge in [-0.25, -0.2) is 4.39 Å². The smallest absolute Gasteiger partial charge is 0.275 e. The summed E-state index contributed by atoms with van der Waals surface area (Å²) >= 11 is 0. The van der Waals surface area contributed by atoms with E-state index in [-0.39, 0.29) is 11.7 Å². The Hall–Kier alpha value is -4.04. The normalized spacial score (nSPS) is 13.8. The Morgan fingerprint density at radius 1 is 0.789 bits per heavy atom. The molecule has 0 aliphatic carbocycles. The summed E-state index contributed by atoms with van der Waals surface area (Å²) in [4.78, 5) is 22.0. The summed E-state index contributed by atoms with van der Waals surface area (Å²) in [7, 11) is 4.00. The van der Waals surface area contributed by atoms with Gasteiger partial charge in [0.25, 0.3) is 5.91 Å². The molecule has 0 unspecified atom stereocenters. The molecule has 8 heteroatoms. The number of carbonyl (C=O) groups is 1. The van der Waals surface area contributed by atoms with Gasteiger partial charge in [0.2, 0.25) is 0 Å². The van der Waals surface area contributed by atoms with Crippen molar-refractivity contribution in [3.05, 3.63) is 95.9 Å². The molecule has 3 aromatic carbocycles. The average Bonchev–Trinajstić information content (AvgIpc) is 2.95. The predicted molar refractivity (Wildman–Crippen MR) is 150 cm³/mol. The van der Waals surface area contributed by atoms with E-state index in [2.05, 4.69) is 24.9 Å². The Bertz CT molecular complexity index is 1390. The molecule has 0 radical (unpaired) electrons. The van der Waals surface area contributed by atoms with Crippen LogP contribution in [0, 0.1) is 5.82 Å². The van der Waals surface area contributed by atoms with Crippen LogP contribution in [0.25, 0.3) is 10.8 Å². The van der Waals surface area contributed by atoms with Gasteiger partial charge in [-0.2, -0.15) is 0 Å². The number of hydrogen-bond acceptors (Lipinski definition) is 6. The second-order valence-corrected chi connectivity index (χ2v) is 9.86. The van der Waals surface area contributed by atoms with E-state index >= 15 is 0 Å². The highest BCUT2D eigenvalue weighted by Crippen LogP contribution is 2.29. The van der Waals surface area contributed by atoms with E-state index in [1.807, 2.05) is 85.7 Å². The van der Waals surface area contributed by atoms with E-state index in [4.69, 9.17) is 0 Å². The first-order valence-corrected chi connectivity index (χ1v) is 13.0. The molecule has 2 heterocycles. The Balaban J connectivity index is 1.40. The SMILES string of the molecule is CN(C)CCN(Cc1ccccc1)C(=O)c1nnc(N2CCN(c3ccccc3F)CC2)c2ccccc12. The second-order valence-electron chi connectivity index (χ2n) is 9.86. The third-order valence-electron chi connectivity index (χ3n) is 6.96. The molecular weight excluding hydrogens is 479 g/mol. The maximum Gasteiger partial charge on any atom is 0.275 e. The highest BCUT2D eigenvalue weighted by atomic mass is 19.1. The number of carbonyl (C=O) groups excluding carboxylic acids is 1. The van der Waals surface area contributed by atoms with E-state index < -0.39 is 0 Å². The zero-order valence-electron chi connectivity index (χ0n) is 21.9. The minimum atomic E-state index is -0.205. The number of likely N-dealkylation sites (N-methyl/N-ethyl adjacent to an activating group) is 1. The van der Waals surface area contributed by atoms with E-state index in [1.165, 1.54) is 6.07 Å². The predicted octanol–water partition coefficient (Wildman–Crippen LogP) is 4.30. The summed E-state index contributed by atoms with van der Waals surface area (Å²) in [5.41, 5.74) is 2.06. The number of nitrogens with zero attached hydrogens (tertiary/aromatic N) is 6. The summed E-state index contributed by atoms with van der Waals surface area (Å²) in [5, 5.41) is 10.8. The van der Waals surface area contributed by atoms with Crippen LogP contribution in [0.1, 0.15) is 16.1 Å². The molecular formula is C30H33FN6O. The monoisotopic (exact) mass is 512 g/mol. The zero-order chi connectivity index (χ0) is 26.5. The molecule has 0 N–H and O–H groups in total. The fourth-order valence-corrected chi connectivity index (χ4v) is 4.88. The molecule has 1 saturated heterocycles. The highest BCUT2D eigenvalue weighted by Gasteiger charge is 2.26. The van der Waals surface area contributed by atoms with Gasteiger partial charge >= 0.3 is 0 Å². The summed E-state index contributed by atoms with van der Waals surface area (Å²) in [6, 6.07) is 24.7. The van der Waals surface area contributed by atoms with Gasteiger partial charge in [0, 0.05) is 56.6 Å². The highest BCUT2D eigenvalue weighted by molar-refractivity contribution is 6.07. The minimum absolute atomic E-state index is 0.129. The van der Waals surface area contributed by atoms with Crippen molar-refractivity contribution in [1.29, 1.82) is 0 Å². The van der Waals surface area contributed by atoms with Crippen LogP contribution >= 0.6 is 0 Å². The standard InChI is InChI=1S/C30H33FN6O/c1-34(2)16-17-37(22-23-10-4-3-5-11-23)30(38)28-24-12-6-7-13-25(24)29(33-32-28)36-20-18-35(19-21-36)27-15-9-8-14-26(27)31/h3-15H,16-22H2,1-2H3. The zero-order valence-corrected chi connectivity index (χ0v) is 21.9. The Kier molecular flexibility index (Phi) is 7.79. The fraction of sp³-hybridized carbons (Fsp3) is 0.300. The minimum Gasteiger partial charge on any atom is -0.366 e. The van der Waals surface area contributed by atoms with Gasteiger partial charge in [0.1, 0.15) is 5.82 Å². The number of hydrogen-bond donors (Lipinski definition) is 0. The van der Waals surface area contributed by atoms with Crippen molar-refractivity contribution >= 4 is 28.2 Å². The number of fused-ring (bicyclic) bond motifs is 1. The number of aromatic nitrogens is 2. The van der Waals surface area contributed by atoms with Gasteiger partial charge < -0.3 is 19.6 Å². The molecule has 1 aliphatic heterocycles. The van der Waals surface area contributed by atoms with Crippen molar-refractivity contribution in [3.8, 4) is 0 Å². The molecule has 0 atom stereocenters. The lowest BCUT2D eigenvalue weighted by atomic mass is 10.1. The molecule has 4 aromatic rings.